The number of halogens is 3. The van der Waals surface area contributed by atoms with Crippen LogP contribution in [0.1, 0.15) is 16.7 Å². The van der Waals surface area contributed by atoms with Gasteiger partial charge in [0.15, 0.2) is 6.61 Å². The minimum atomic E-state index is -4.43. The van der Waals surface area contributed by atoms with Crippen molar-refractivity contribution in [1.82, 2.24) is 10.6 Å². The first kappa shape index (κ1) is 20.8. The predicted molar refractivity (Wildman–Crippen MR) is 84.2 cm³/mol. The fourth-order valence-corrected chi connectivity index (χ4v) is 2.14. The zero-order chi connectivity index (χ0) is 19.0. The molecule has 1 aromatic rings. The summed E-state index contributed by atoms with van der Waals surface area (Å²) in [6.07, 6.45) is -4.43. The van der Waals surface area contributed by atoms with E-state index in [4.69, 9.17) is 4.74 Å². The van der Waals surface area contributed by atoms with Gasteiger partial charge in [-0.3, -0.25) is 4.79 Å². The van der Waals surface area contributed by atoms with Gasteiger partial charge in [-0.15, -0.1) is 0 Å². The van der Waals surface area contributed by atoms with Crippen molar-refractivity contribution in [2.75, 3.05) is 26.8 Å². The minimum absolute atomic E-state index is 0.199. The van der Waals surface area contributed by atoms with Crippen LogP contribution in [0.2, 0.25) is 0 Å². The number of esters is 1. The number of alkyl halides is 3. The Labute approximate surface area is 143 Å². The Hall–Kier alpha value is -2.29. The summed E-state index contributed by atoms with van der Waals surface area (Å²) in [4.78, 5) is 22.4. The van der Waals surface area contributed by atoms with Crippen LogP contribution in [0.4, 0.5) is 13.2 Å². The Morgan fingerprint density at radius 1 is 1.16 bits per heavy atom. The van der Waals surface area contributed by atoms with E-state index in [9.17, 15) is 22.8 Å². The number of carbonyl (C=O) groups excluding carboxylic acids is 2. The maximum Gasteiger partial charge on any atom is 0.405 e. The first-order chi connectivity index (χ1) is 11.6. The minimum Gasteiger partial charge on any atom is -0.481 e. The smallest absolute Gasteiger partial charge is 0.405 e. The Morgan fingerprint density at radius 2 is 1.76 bits per heavy atom. The summed E-state index contributed by atoms with van der Waals surface area (Å²) in [5.74, 6) is -0.657. The Balaban J connectivity index is 2.52. The summed E-state index contributed by atoms with van der Waals surface area (Å²) in [7, 11) is 1.27. The van der Waals surface area contributed by atoms with E-state index in [1.807, 2.05) is 0 Å². The number of hydrogen-bond donors (Lipinski definition) is 2. The fourth-order valence-electron chi connectivity index (χ4n) is 2.14. The average Bonchev–Trinajstić information content (AvgIpc) is 2.51. The molecule has 0 unspecified atom stereocenters. The SMILES string of the molecule is COC(=O)COc1c(C)cc(CNCC(=O)NCC(F)(F)F)cc1C. The second-order valence-electron chi connectivity index (χ2n) is 5.42. The Morgan fingerprint density at radius 3 is 2.28 bits per heavy atom. The molecule has 0 radical (unpaired) electrons. The third-order valence-corrected chi connectivity index (χ3v) is 3.18. The molecule has 1 aromatic carbocycles. The normalized spacial score (nSPS) is 11.1. The maximum absolute atomic E-state index is 12.0. The van der Waals surface area contributed by atoms with Crippen molar-refractivity contribution in [3.05, 3.63) is 28.8 Å². The lowest BCUT2D eigenvalue weighted by Crippen LogP contribution is -2.39. The molecule has 0 saturated carbocycles. The van der Waals surface area contributed by atoms with Crippen molar-refractivity contribution < 1.29 is 32.2 Å². The Bertz CT molecular complexity index is 595. The van der Waals surface area contributed by atoms with Crippen molar-refractivity contribution in [2.45, 2.75) is 26.6 Å². The van der Waals surface area contributed by atoms with Gasteiger partial charge in [0, 0.05) is 6.54 Å². The van der Waals surface area contributed by atoms with Crippen LogP contribution in [0.15, 0.2) is 12.1 Å². The summed E-state index contributed by atoms with van der Waals surface area (Å²) in [6.45, 7) is 2.14. The van der Waals surface area contributed by atoms with E-state index in [2.05, 4.69) is 10.1 Å². The van der Waals surface area contributed by atoms with E-state index in [0.29, 0.717) is 12.3 Å². The molecule has 6 nitrogen and oxygen atoms in total. The van der Waals surface area contributed by atoms with E-state index in [1.54, 1.807) is 31.3 Å². The van der Waals surface area contributed by atoms with Crippen LogP contribution in [-0.2, 0) is 20.9 Å². The van der Waals surface area contributed by atoms with Crippen LogP contribution in [0, 0.1) is 13.8 Å². The number of nitrogens with one attached hydrogen (secondary N) is 2. The van der Waals surface area contributed by atoms with Crippen molar-refractivity contribution >= 4 is 11.9 Å². The third kappa shape index (κ3) is 7.88. The van der Waals surface area contributed by atoms with Gasteiger partial charge in [0.1, 0.15) is 12.3 Å². The molecule has 0 aromatic heterocycles. The molecule has 1 amide bonds. The third-order valence-electron chi connectivity index (χ3n) is 3.18. The molecule has 1 rings (SSSR count). The molecule has 0 spiro atoms. The Kier molecular flexibility index (Phi) is 7.69. The number of amides is 1. The van der Waals surface area contributed by atoms with Crippen LogP contribution in [0.25, 0.3) is 0 Å². The van der Waals surface area contributed by atoms with Gasteiger partial charge in [0.2, 0.25) is 5.91 Å². The van der Waals surface area contributed by atoms with E-state index >= 15 is 0 Å². The number of rotatable bonds is 8. The highest BCUT2D eigenvalue weighted by Crippen LogP contribution is 2.24. The lowest BCUT2D eigenvalue weighted by atomic mass is 10.1. The monoisotopic (exact) mass is 362 g/mol. The zero-order valence-electron chi connectivity index (χ0n) is 14.3. The molecule has 2 N–H and O–H groups in total. The van der Waals surface area contributed by atoms with E-state index in [0.717, 1.165) is 16.7 Å². The highest BCUT2D eigenvalue weighted by atomic mass is 19.4. The number of carbonyl (C=O) groups is 2. The van der Waals surface area contributed by atoms with Gasteiger partial charge in [-0.25, -0.2) is 4.79 Å². The molecule has 9 heteroatoms. The molecule has 0 aliphatic carbocycles. The molecule has 0 bridgehead atoms. The fraction of sp³-hybridized carbons (Fsp3) is 0.500. The summed E-state index contributed by atoms with van der Waals surface area (Å²) < 4.78 is 45.9. The first-order valence-corrected chi connectivity index (χ1v) is 7.46. The van der Waals surface area contributed by atoms with Crippen LogP contribution in [0.3, 0.4) is 0 Å². The van der Waals surface area contributed by atoms with Crippen molar-refractivity contribution in [2.24, 2.45) is 0 Å². The lowest BCUT2D eigenvalue weighted by Gasteiger charge is -2.14. The molecule has 0 aliphatic heterocycles. The summed E-state index contributed by atoms with van der Waals surface area (Å²) in [6, 6.07) is 3.61. The van der Waals surface area contributed by atoms with Gasteiger partial charge >= 0.3 is 12.1 Å². The van der Waals surface area contributed by atoms with Crippen LogP contribution in [-0.4, -0.2) is 44.9 Å². The van der Waals surface area contributed by atoms with Gasteiger partial charge in [-0.05, 0) is 30.5 Å². The number of hydrogen-bond acceptors (Lipinski definition) is 5. The quantitative estimate of drug-likeness (QED) is 0.688. The van der Waals surface area contributed by atoms with Gasteiger partial charge in [-0.2, -0.15) is 13.2 Å². The van der Waals surface area contributed by atoms with E-state index < -0.39 is 24.6 Å². The molecule has 0 heterocycles. The highest BCUT2D eigenvalue weighted by Gasteiger charge is 2.27. The van der Waals surface area contributed by atoms with Crippen LogP contribution in [0.5, 0.6) is 5.75 Å². The standard InChI is InChI=1S/C16H21F3N2O4/c1-10-4-12(5-11(2)15(10)25-8-14(23)24-3)6-20-7-13(22)21-9-16(17,18)19/h4-5,20H,6-9H2,1-3H3,(H,21,22). The topological polar surface area (TPSA) is 76.7 Å². The number of aryl methyl sites for hydroxylation is 2. The highest BCUT2D eigenvalue weighted by molar-refractivity contribution is 5.78. The number of ether oxygens (including phenoxy) is 2. The molecular weight excluding hydrogens is 341 g/mol. The molecule has 0 fully saturated rings. The van der Waals surface area contributed by atoms with Crippen LogP contribution < -0.4 is 15.4 Å². The van der Waals surface area contributed by atoms with Gasteiger partial charge in [0.25, 0.3) is 0 Å². The second-order valence-corrected chi connectivity index (χ2v) is 5.42. The summed E-state index contributed by atoms with van der Waals surface area (Å²) in [5.41, 5.74) is 2.42. The average molecular weight is 362 g/mol. The van der Waals surface area contributed by atoms with Gasteiger partial charge in [0.05, 0.1) is 13.7 Å². The van der Waals surface area contributed by atoms with E-state index in [-0.39, 0.29) is 13.2 Å². The second kappa shape index (κ2) is 9.26. The van der Waals surface area contributed by atoms with Gasteiger partial charge < -0.3 is 20.1 Å². The summed E-state index contributed by atoms with van der Waals surface area (Å²) >= 11 is 0. The summed E-state index contributed by atoms with van der Waals surface area (Å²) in [5, 5.41) is 4.56. The first-order valence-electron chi connectivity index (χ1n) is 7.46. The predicted octanol–water partition coefficient (Wildman–Crippen LogP) is 1.62. The maximum atomic E-state index is 12.0. The molecule has 25 heavy (non-hydrogen) atoms. The number of benzene rings is 1. The van der Waals surface area contributed by atoms with E-state index in [1.165, 1.54) is 7.11 Å². The molecule has 0 aliphatic rings. The van der Waals surface area contributed by atoms with Gasteiger partial charge in [-0.1, -0.05) is 12.1 Å². The molecule has 140 valence electrons. The molecule has 0 atom stereocenters. The van der Waals surface area contributed by atoms with Crippen molar-refractivity contribution in [3.8, 4) is 5.75 Å². The van der Waals surface area contributed by atoms with Crippen molar-refractivity contribution in [3.63, 3.8) is 0 Å². The largest absolute Gasteiger partial charge is 0.481 e. The molecule has 0 saturated heterocycles. The van der Waals surface area contributed by atoms with Crippen LogP contribution >= 0.6 is 0 Å². The number of methoxy groups -OCH3 is 1. The molecular formula is C16H21F3N2O4. The zero-order valence-corrected chi connectivity index (χ0v) is 14.3. The van der Waals surface area contributed by atoms with Crippen molar-refractivity contribution in [1.29, 1.82) is 0 Å². The lowest BCUT2D eigenvalue weighted by molar-refractivity contribution is -0.142.